The largest absolute Gasteiger partial charge is 0.493 e. The molecule has 0 saturated heterocycles. The van der Waals surface area contributed by atoms with E-state index in [1.165, 1.54) is 12.1 Å². The minimum absolute atomic E-state index is 0.0306. The van der Waals surface area contributed by atoms with Crippen molar-refractivity contribution in [3.8, 4) is 17.2 Å². The molecule has 1 amide bonds. The van der Waals surface area contributed by atoms with Crippen LogP contribution in [0.3, 0.4) is 0 Å². The van der Waals surface area contributed by atoms with Gasteiger partial charge in [-0.25, -0.2) is 4.39 Å². The molecule has 0 aliphatic carbocycles. The number of nitrogens with zero attached hydrogens (tertiary/aromatic N) is 1. The van der Waals surface area contributed by atoms with Crippen molar-refractivity contribution in [1.82, 2.24) is 4.90 Å². The predicted molar refractivity (Wildman–Crippen MR) is 90.4 cm³/mol. The molecule has 0 unspecified atom stereocenters. The number of halogens is 1. The topological polar surface area (TPSA) is 48.0 Å². The molecule has 2 aromatic rings. The molecule has 25 heavy (non-hydrogen) atoms. The van der Waals surface area contributed by atoms with Crippen LogP contribution in [0.4, 0.5) is 4.39 Å². The SMILES string of the molecule is CN(Cc1ccc2c(c1)OCCO2)C(=O)CCOc1ccc(F)cc1. The molecular formula is C19H20FNO4. The number of benzene rings is 2. The molecule has 3 rings (SSSR count). The fraction of sp³-hybridized carbons (Fsp3) is 0.316. The Bertz CT molecular complexity index is 733. The molecule has 1 aliphatic rings. The fourth-order valence-electron chi connectivity index (χ4n) is 2.53. The highest BCUT2D eigenvalue weighted by Crippen LogP contribution is 2.31. The van der Waals surface area contributed by atoms with Crippen LogP contribution in [0.5, 0.6) is 17.2 Å². The van der Waals surface area contributed by atoms with E-state index in [4.69, 9.17) is 14.2 Å². The van der Waals surface area contributed by atoms with Crippen molar-refractivity contribution in [3.63, 3.8) is 0 Å². The number of hydrogen-bond donors (Lipinski definition) is 0. The van der Waals surface area contributed by atoms with Gasteiger partial charge in [0.1, 0.15) is 24.8 Å². The molecule has 1 aliphatic heterocycles. The maximum Gasteiger partial charge on any atom is 0.226 e. The molecule has 5 nitrogen and oxygen atoms in total. The average Bonchev–Trinajstić information content (AvgIpc) is 2.63. The highest BCUT2D eigenvalue weighted by atomic mass is 19.1. The Kier molecular flexibility index (Phi) is 5.38. The van der Waals surface area contributed by atoms with E-state index in [9.17, 15) is 9.18 Å². The molecule has 0 spiro atoms. The Morgan fingerprint density at radius 3 is 2.60 bits per heavy atom. The summed E-state index contributed by atoms with van der Waals surface area (Å²) in [6.45, 7) is 1.81. The zero-order valence-corrected chi connectivity index (χ0v) is 14.0. The normalized spacial score (nSPS) is 12.6. The first-order valence-electron chi connectivity index (χ1n) is 8.13. The molecule has 6 heteroatoms. The smallest absolute Gasteiger partial charge is 0.226 e. The van der Waals surface area contributed by atoms with Crippen LogP contribution in [0.2, 0.25) is 0 Å². The van der Waals surface area contributed by atoms with Gasteiger partial charge >= 0.3 is 0 Å². The maximum absolute atomic E-state index is 12.8. The maximum atomic E-state index is 12.8. The van der Waals surface area contributed by atoms with E-state index in [1.807, 2.05) is 18.2 Å². The van der Waals surface area contributed by atoms with Gasteiger partial charge in [-0.3, -0.25) is 4.79 Å². The highest BCUT2D eigenvalue weighted by Gasteiger charge is 2.14. The van der Waals surface area contributed by atoms with Gasteiger partial charge in [0, 0.05) is 13.6 Å². The molecule has 0 radical (unpaired) electrons. The third kappa shape index (κ3) is 4.62. The van der Waals surface area contributed by atoms with Gasteiger partial charge in [0.25, 0.3) is 0 Å². The number of fused-ring (bicyclic) bond motifs is 1. The van der Waals surface area contributed by atoms with Crippen LogP contribution in [0, 0.1) is 5.82 Å². The second-order valence-corrected chi connectivity index (χ2v) is 5.78. The average molecular weight is 345 g/mol. The van der Waals surface area contributed by atoms with Crippen LogP contribution in [0.25, 0.3) is 0 Å². The molecule has 0 saturated carbocycles. The van der Waals surface area contributed by atoms with E-state index < -0.39 is 0 Å². The van der Waals surface area contributed by atoms with Crippen molar-refractivity contribution in [2.75, 3.05) is 26.9 Å². The molecular weight excluding hydrogens is 325 g/mol. The lowest BCUT2D eigenvalue weighted by Gasteiger charge is -2.21. The number of carbonyl (C=O) groups excluding carboxylic acids is 1. The molecule has 0 fully saturated rings. The van der Waals surface area contributed by atoms with Crippen LogP contribution >= 0.6 is 0 Å². The lowest BCUT2D eigenvalue weighted by atomic mass is 10.2. The Labute approximate surface area is 145 Å². The van der Waals surface area contributed by atoms with Gasteiger partial charge in [-0.05, 0) is 42.0 Å². The third-order valence-corrected chi connectivity index (χ3v) is 3.85. The quantitative estimate of drug-likeness (QED) is 0.807. The van der Waals surface area contributed by atoms with E-state index in [1.54, 1.807) is 24.1 Å². The lowest BCUT2D eigenvalue weighted by Crippen LogP contribution is -2.27. The molecule has 0 bridgehead atoms. The van der Waals surface area contributed by atoms with Gasteiger partial charge in [0.2, 0.25) is 5.91 Å². The Morgan fingerprint density at radius 1 is 1.12 bits per heavy atom. The molecule has 0 atom stereocenters. The van der Waals surface area contributed by atoms with Gasteiger partial charge in [0.05, 0.1) is 13.0 Å². The second-order valence-electron chi connectivity index (χ2n) is 5.78. The minimum Gasteiger partial charge on any atom is -0.493 e. The van der Waals surface area contributed by atoms with E-state index in [-0.39, 0.29) is 24.8 Å². The lowest BCUT2D eigenvalue weighted by molar-refractivity contribution is -0.130. The predicted octanol–water partition coefficient (Wildman–Crippen LogP) is 3.02. The standard InChI is InChI=1S/C19H20FNO4/c1-21(13-14-2-7-17-18(12-14)25-11-10-24-17)19(22)8-9-23-16-5-3-15(20)4-6-16/h2-7,12H,8-11,13H2,1H3. The zero-order chi connectivity index (χ0) is 17.6. The number of amides is 1. The van der Waals surface area contributed by atoms with Crippen molar-refractivity contribution >= 4 is 5.91 Å². The minimum atomic E-state index is -0.317. The van der Waals surface area contributed by atoms with Gasteiger partial charge in [-0.1, -0.05) is 6.07 Å². The molecule has 132 valence electrons. The summed E-state index contributed by atoms with van der Waals surface area (Å²) >= 11 is 0. The Hall–Kier alpha value is -2.76. The fourth-order valence-corrected chi connectivity index (χ4v) is 2.53. The summed E-state index contributed by atoms with van der Waals surface area (Å²) in [6.07, 6.45) is 0.248. The van der Waals surface area contributed by atoms with Crippen molar-refractivity contribution < 1.29 is 23.4 Å². The summed E-state index contributed by atoms with van der Waals surface area (Å²) in [4.78, 5) is 13.8. The van der Waals surface area contributed by atoms with E-state index in [0.29, 0.717) is 31.3 Å². The molecule has 2 aromatic carbocycles. The number of rotatable bonds is 6. The number of ether oxygens (including phenoxy) is 3. The van der Waals surface area contributed by atoms with Gasteiger partial charge in [0.15, 0.2) is 11.5 Å². The second kappa shape index (κ2) is 7.88. The van der Waals surface area contributed by atoms with Gasteiger partial charge in [-0.2, -0.15) is 0 Å². The summed E-state index contributed by atoms with van der Waals surface area (Å²) in [5, 5.41) is 0. The van der Waals surface area contributed by atoms with Gasteiger partial charge in [-0.15, -0.1) is 0 Å². The molecule has 1 heterocycles. The Morgan fingerprint density at radius 2 is 1.84 bits per heavy atom. The summed E-state index contributed by atoms with van der Waals surface area (Å²) in [5.74, 6) is 1.64. The first-order valence-corrected chi connectivity index (χ1v) is 8.13. The van der Waals surface area contributed by atoms with Crippen molar-refractivity contribution in [2.45, 2.75) is 13.0 Å². The Balaban J connectivity index is 1.48. The van der Waals surface area contributed by atoms with Crippen LogP contribution in [0.1, 0.15) is 12.0 Å². The summed E-state index contributed by atoms with van der Waals surface area (Å²) < 4.78 is 29.3. The van der Waals surface area contributed by atoms with Gasteiger partial charge < -0.3 is 19.1 Å². The summed E-state index contributed by atoms with van der Waals surface area (Å²) in [6, 6.07) is 11.4. The van der Waals surface area contributed by atoms with E-state index >= 15 is 0 Å². The van der Waals surface area contributed by atoms with Crippen molar-refractivity contribution in [1.29, 1.82) is 0 Å². The molecule has 0 aromatic heterocycles. The van der Waals surface area contributed by atoms with Crippen LogP contribution in [-0.2, 0) is 11.3 Å². The van der Waals surface area contributed by atoms with E-state index in [0.717, 1.165) is 11.3 Å². The molecule has 0 N–H and O–H groups in total. The van der Waals surface area contributed by atoms with Crippen LogP contribution in [-0.4, -0.2) is 37.7 Å². The van der Waals surface area contributed by atoms with Crippen LogP contribution < -0.4 is 14.2 Å². The third-order valence-electron chi connectivity index (χ3n) is 3.85. The first-order chi connectivity index (χ1) is 12.1. The van der Waals surface area contributed by atoms with E-state index in [2.05, 4.69) is 0 Å². The van der Waals surface area contributed by atoms with Crippen molar-refractivity contribution in [3.05, 3.63) is 53.8 Å². The zero-order valence-electron chi connectivity index (χ0n) is 14.0. The summed E-state index contributed by atoms with van der Waals surface area (Å²) in [5.41, 5.74) is 0.972. The monoisotopic (exact) mass is 345 g/mol. The number of carbonyl (C=O) groups is 1. The van der Waals surface area contributed by atoms with Crippen molar-refractivity contribution in [2.24, 2.45) is 0 Å². The first kappa shape index (κ1) is 17.1. The van der Waals surface area contributed by atoms with Crippen LogP contribution in [0.15, 0.2) is 42.5 Å². The summed E-state index contributed by atoms with van der Waals surface area (Å²) in [7, 11) is 1.75. The number of hydrogen-bond acceptors (Lipinski definition) is 4. The highest BCUT2D eigenvalue weighted by molar-refractivity contribution is 5.76.